The van der Waals surface area contributed by atoms with E-state index in [1.54, 1.807) is 0 Å². The Morgan fingerprint density at radius 3 is 2.88 bits per heavy atom. The van der Waals surface area contributed by atoms with Crippen molar-refractivity contribution in [2.24, 2.45) is 5.41 Å². The molecule has 1 heterocycles. The number of aromatic nitrogens is 1. The highest BCUT2D eigenvalue weighted by molar-refractivity contribution is 5.28. The second-order valence-electron chi connectivity index (χ2n) is 5.70. The third-order valence-corrected chi connectivity index (χ3v) is 4.59. The molecule has 0 saturated heterocycles. The van der Waals surface area contributed by atoms with Crippen LogP contribution >= 0.6 is 0 Å². The fourth-order valence-corrected chi connectivity index (χ4v) is 3.55. The molecule has 3 nitrogen and oxygen atoms in total. The molecule has 1 aromatic heterocycles. The molecular weight excluding hydrogens is 212 g/mol. The molecule has 0 aromatic carbocycles. The summed E-state index contributed by atoms with van der Waals surface area (Å²) >= 11 is 0. The Hall–Kier alpha value is -0.830. The second kappa shape index (κ2) is 4.45. The first-order valence-corrected chi connectivity index (χ1v) is 7.00. The Labute approximate surface area is 103 Å². The number of nitrogens with zero attached hydrogens (tertiary/aromatic N) is 1. The molecule has 0 atom stereocenters. The third kappa shape index (κ3) is 2.01. The van der Waals surface area contributed by atoms with Gasteiger partial charge >= 0.3 is 0 Å². The summed E-state index contributed by atoms with van der Waals surface area (Å²) in [6, 6.07) is 0. The van der Waals surface area contributed by atoms with Crippen LogP contribution in [0.2, 0.25) is 0 Å². The van der Waals surface area contributed by atoms with Crippen molar-refractivity contribution < 1.29 is 4.52 Å². The molecule has 2 aliphatic rings. The lowest BCUT2D eigenvalue weighted by atomic mass is 9.72. The fourth-order valence-electron chi connectivity index (χ4n) is 3.55. The van der Waals surface area contributed by atoms with Crippen LogP contribution in [0, 0.1) is 5.41 Å². The van der Waals surface area contributed by atoms with Crippen molar-refractivity contribution in [3.05, 3.63) is 17.0 Å². The van der Waals surface area contributed by atoms with Gasteiger partial charge in [0, 0.05) is 18.5 Å². The number of aryl methyl sites for hydroxylation is 1. The minimum absolute atomic E-state index is 0.597. The maximum absolute atomic E-state index is 5.50. The summed E-state index contributed by atoms with van der Waals surface area (Å²) < 4.78 is 5.50. The highest BCUT2D eigenvalue weighted by Gasteiger charge is 2.39. The number of hydrogen-bond donors (Lipinski definition) is 1. The second-order valence-corrected chi connectivity index (χ2v) is 5.70. The van der Waals surface area contributed by atoms with Crippen molar-refractivity contribution in [1.82, 2.24) is 10.5 Å². The number of nitrogens with one attached hydrogen (secondary N) is 1. The van der Waals surface area contributed by atoms with Crippen molar-refractivity contribution in [2.75, 3.05) is 6.54 Å². The SMILES string of the molecule is CCNCc1noc2c1CC1(CCCC1)CC2. The first-order chi connectivity index (χ1) is 8.33. The van der Waals surface area contributed by atoms with Gasteiger partial charge < -0.3 is 9.84 Å². The zero-order valence-corrected chi connectivity index (χ0v) is 10.7. The largest absolute Gasteiger partial charge is 0.361 e. The molecular formula is C14H22N2O. The van der Waals surface area contributed by atoms with E-state index in [1.165, 1.54) is 44.1 Å². The quantitative estimate of drug-likeness (QED) is 0.874. The Bertz CT molecular complexity index is 391. The molecule has 3 heteroatoms. The van der Waals surface area contributed by atoms with Crippen LogP contribution in [0.4, 0.5) is 0 Å². The van der Waals surface area contributed by atoms with E-state index in [2.05, 4.69) is 17.4 Å². The summed E-state index contributed by atoms with van der Waals surface area (Å²) in [5.41, 5.74) is 3.19. The van der Waals surface area contributed by atoms with Gasteiger partial charge in [-0.15, -0.1) is 0 Å². The smallest absolute Gasteiger partial charge is 0.140 e. The van der Waals surface area contributed by atoms with Crippen LogP contribution in [0.25, 0.3) is 0 Å². The summed E-state index contributed by atoms with van der Waals surface area (Å²) in [5.74, 6) is 1.16. The minimum atomic E-state index is 0.597. The molecule has 17 heavy (non-hydrogen) atoms. The minimum Gasteiger partial charge on any atom is -0.361 e. The molecule has 0 unspecified atom stereocenters. The standard InChI is InChI=1S/C14H22N2O/c1-2-15-10-12-11-9-14(6-3-4-7-14)8-5-13(11)17-16-12/h15H,2-10H2,1H3. The normalized spacial score (nSPS) is 21.9. The first-order valence-electron chi connectivity index (χ1n) is 7.00. The third-order valence-electron chi connectivity index (χ3n) is 4.59. The van der Waals surface area contributed by atoms with Gasteiger partial charge in [0.2, 0.25) is 0 Å². The van der Waals surface area contributed by atoms with E-state index in [-0.39, 0.29) is 0 Å². The topological polar surface area (TPSA) is 38.1 Å². The highest BCUT2D eigenvalue weighted by Crippen LogP contribution is 2.48. The van der Waals surface area contributed by atoms with Crippen LogP contribution in [0.15, 0.2) is 4.52 Å². The van der Waals surface area contributed by atoms with Gasteiger partial charge in [0.05, 0.1) is 0 Å². The van der Waals surface area contributed by atoms with E-state index < -0.39 is 0 Å². The van der Waals surface area contributed by atoms with Gasteiger partial charge in [0.1, 0.15) is 11.5 Å². The molecule has 0 bridgehead atoms. The lowest BCUT2D eigenvalue weighted by Gasteiger charge is -2.32. The van der Waals surface area contributed by atoms with Crippen molar-refractivity contribution >= 4 is 0 Å². The van der Waals surface area contributed by atoms with Crippen LogP contribution in [0.5, 0.6) is 0 Å². The molecule has 0 radical (unpaired) electrons. The molecule has 1 aromatic rings. The lowest BCUT2D eigenvalue weighted by Crippen LogP contribution is -2.26. The van der Waals surface area contributed by atoms with E-state index in [0.29, 0.717) is 5.41 Å². The summed E-state index contributed by atoms with van der Waals surface area (Å²) in [4.78, 5) is 0. The van der Waals surface area contributed by atoms with Crippen molar-refractivity contribution in [3.8, 4) is 0 Å². The Balaban J connectivity index is 1.81. The van der Waals surface area contributed by atoms with Crippen LogP contribution in [0.3, 0.4) is 0 Å². The monoisotopic (exact) mass is 234 g/mol. The Kier molecular flexibility index (Phi) is 2.95. The van der Waals surface area contributed by atoms with Crippen molar-refractivity contribution in [2.45, 2.75) is 58.4 Å². The maximum Gasteiger partial charge on any atom is 0.140 e. The number of hydrogen-bond acceptors (Lipinski definition) is 3. The van der Waals surface area contributed by atoms with Crippen molar-refractivity contribution in [3.63, 3.8) is 0 Å². The van der Waals surface area contributed by atoms with Crippen molar-refractivity contribution in [1.29, 1.82) is 0 Å². The van der Waals surface area contributed by atoms with Crippen LogP contribution in [-0.2, 0) is 19.4 Å². The lowest BCUT2D eigenvalue weighted by molar-refractivity contribution is 0.236. The molecule has 3 rings (SSSR count). The predicted octanol–water partition coefficient (Wildman–Crippen LogP) is 2.83. The van der Waals surface area contributed by atoms with Gasteiger partial charge in [-0.05, 0) is 37.6 Å². The average Bonchev–Trinajstić information content (AvgIpc) is 2.95. The average molecular weight is 234 g/mol. The zero-order chi connectivity index (χ0) is 11.7. The number of fused-ring (bicyclic) bond motifs is 1. The summed E-state index contributed by atoms with van der Waals surface area (Å²) in [6.45, 7) is 3.99. The molecule has 1 fully saturated rings. The molecule has 0 amide bonds. The first kappa shape index (κ1) is 11.3. The Morgan fingerprint density at radius 1 is 1.29 bits per heavy atom. The van der Waals surface area contributed by atoms with Crippen LogP contribution < -0.4 is 5.32 Å². The van der Waals surface area contributed by atoms with E-state index >= 15 is 0 Å². The fraction of sp³-hybridized carbons (Fsp3) is 0.786. The summed E-state index contributed by atoms with van der Waals surface area (Å²) in [6.07, 6.45) is 9.31. The van der Waals surface area contributed by atoms with Gasteiger partial charge in [0.15, 0.2) is 0 Å². The van der Waals surface area contributed by atoms with Crippen LogP contribution in [0.1, 0.15) is 56.0 Å². The molecule has 1 saturated carbocycles. The van der Waals surface area contributed by atoms with E-state index in [0.717, 1.165) is 31.0 Å². The summed E-state index contributed by atoms with van der Waals surface area (Å²) in [7, 11) is 0. The van der Waals surface area contributed by atoms with Gasteiger partial charge in [-0.1, -0.05) is 24.9 Å². The maximum atomic E-state index is 5.50. The van der Waals surface area contributed by atoms with Gasteiger partial charge in [-0.3, -0.25) is 0 Å². The van der Waals surface area contributed by atoms with Crippen LogP contribution in [-0.4, -0.2) is 11.7 Å². The Morgan fingerprint density at radius 2 is 2.12 bits per heavy atom. The molecule has 1 N–H and O–H groups in total. The molecule has 94 valence electrons. The summed E-state index contributed by atoms with van der Waals surface area (Å²) in [5, 5.41) is 7.61. The zero-order valence-electron chi connectivity index (χ0n) is 10.7. The van der Waals surface area contributed by atoms with E-state index in [4.69, 9.17) is 4.52 Å². The molecule has 1 spiro atoms. The highest BCUT2D eigenvalue weighted by atomic mass is 16.5. The predicted molar refractivity (Wildman–Crippen MR) is 66.8 cm³/mol. The van der Waals surface area contributed by atoms with Gasteiger partial charge in [0.25, 0.3) is 0 Å². The van der Waals surface area contributed by atoms with E-state index in [1.807, 2.05) is 0 Å². The van der Waals surface area contributed by atoms with E-state index in [9.17, 15) is 0 Å². The van der Waals surface area contributed by atoms with Gasteiger partial charge in [-0.2, -0.15) is 0 Å². The molecule has 2 aliphatic carbocycles. The number of rotatable bonds is 3. The van der Waals surface area contributed by atoms with Gasteiger partial charge in [-0.25, -0.2) is 0 Å². The molecule has 0 aliphatic heterocycles.